The Kier molecular flexibility index (Phi) is 7.01. The summed E-state index contributed by atoms with van der Waals surface area (Å²) in [6.07, 6.45) is 1.38. The Labute approximate surface area is 179 Å². The molecule has 2 amide bonds. The van der Waals surface area contributed by atoms with Crippen molar-refractivity contribution in [1.82, 2.24) is 0 Å². The molecule has 0 aliphatic rings. The van der Waals surface area contributed by atoms with Gasteiger partial charge in [0.05, 0.1) is 25.6 Å². The van der Waals surface area contributed by atoms with Crippen LogP contribution in [0.15, 0.2) is 78.4 Å². The lowest BCUT2D eigenvalue weighted by Crippen LogP contribution is -2.25. The molecule has 0 aliphatic carbocycles. The number of nitrogens with one attached hydrogen (secondary N) is 2. The summed E-state index contributed by atoms with van der Waals surface area (Å²) in [5, 5.41) is 5.38. The molecule has 6 nitrogen and oxygen atoms in total. The summed E-state index contributed by atoms with van der Waals surface area (Å²) in [7, 11) is 2.96. The normalized spacial score (nSPS) is 10.0. The molecule has 2 N–H and O–H groups in total. The highest BCUT2D eigenvalue weighted by Crippen LogP contribution is 2.26. The van der Waals surface area contributed by atoms with Gasteiger partial charge in [-0.2, -0.15) is 0 Å². The van der Waals surface area contributed by atoms with E-state index in [2.05, 4.69) is 10.6 Å². The Morgan fingerprint density at radius 3 is 1.65 bits per heavy atom. The van der Waals surface area contributed by atoms with Crippen LogP contribution < -0.4 is 20.1 Å². The average Bonchev–Trinajstić information content (AvgIpc) is 2.79. The quantitative estimate of drug-likeness (QED) is 0.335. The smallest absolute Gasteiger partial charge is 0.261 e. The van der Waals surface area contributed by atoms with Crippen molar-refractivity contribution in [2.45, 2.75) is 0 Å². The van der Waals surface area contributed by atoms with Gasteiger partial charge in [0, 0.05) is 0 Å². The van der Waals surface area contributed by atoms with Crippen LogP contribution in [0.25, 0.3) is 6.08 Å². The van der Waals surface area contributed by atoms with Crippen molar-refractivity contribution >= 4 is 29.3 Å². The summed E-state index contributed by atoms with van der Waals surface area (Å²) >= 11 is 0. The van der Waals surface area contributed by atoms with Crippen LogP contribution >= 0.6 is 0 Å². The van der Waals surface area contributed by atoms with E-state index in [-0.39, 0.29) is 5.57 Å². The van der Waals surface area contributed by atoms with Gasteiger partial charge in [0.1, 0.15) is 22.9 Å². The van der Waals surface area contributed by atoms with Crippen molar-refractivity contribution in [3.8, 4) is 11.5 Å². The third-order valence-electron chi connectivity index (χ3n) is 4.38. The van der Waals surface area contributed by atoms with Gasteiger partial charge in [0.2, 0.25) is 0 Å². The standard InChI is InChI=1S/C24H21FN2O4/c1-30-21-9-5-3-7-19(21)26-23(28)18(15-16-11-13-17(25)14-12-16)24(29)27-20-8-4-6-10-22(20)31-2/h3-15H,1-2H3,(H,26,28)(H,27,29). The maximum absolute atomic E-state index is 13.3. The maximum atomic E-state index is 13.3. The monoisotopic (exact) mass is 420 g/mol. The second kappa shape index (κ2) is 10.1. The third-order valence-corrected chi connectivity index (χ3v) is 4.38. The van der Waals surface area contributed by atoms with Crippen LogP contribution in [0.4, 0.5) is 15.8 Å². The van der Waals surface area contributed by atoms with Crippen molar-refractivity contribution in [2.24, 2.45) is 0 Å². The molecule has 0 fully saturated rings. The summed E-state index contributed by atoms with van der Waals surface area (Å²) in [6, 6.07) is 19.1. The van der Waals surface area contributed by atoms with E-state index in [9.17, 15) is 14.0 Å². The minimum atomic E-state index is -0.652. The first-order chi connectivity index (χ1) is 15.0. The van der Waals surface area contributed by atoms with Crippen LogP contribution in [0.3, 0.4) is 0 Å². The summed E-state index contributed by atoms with van der Waals surface area (Å²) in [5.74, 6) is -0.831. The lowest BCUT2D eigenvalue weighted by Gasteiger charge is -2.14. The van der Waals surface area contributed by atoms with E-state index in [0.29, 0.717) is 28.4 Å². The number of carbonyl (C=O) groups is 2. The number of halogens is 1. The van der Waals surface area contributed by atoms with E-state index in [4.69, 9.17) is 9.47 Å². The van der Waals surface area contributed by atoms with Gasteiger partial charge in [-0.15, -0.1) is 0 Å². The number of anilines is 2. The fraction of sp³-hybridized carbons (Fsp3) is 0.0833. The first-order valence-electron chi connectivity index (χ1n) is 9.38. The highest BCUT2D eigenvalue weighted by Gasteiger charge is 2.21. The Bertz CT molecular complexity index is 1050. The number of benzene rings is 3. The van der Waals surface area contributed by atoms with E-state index in [0.717, 1.165) is 0 Å². The predicted molar refractivity (Wildman–Crippen MR) is 118 cm³/mol. The molecule has 0 spiro atoms. The maximum Gasteiger partial charge on any atom is 0.261 e. The molecule has 0 heterocycles. The number of carbonyl (C=O) groups excluding carboxylic acids is 2. The number of ether oxygens (including phenoxy) is 2. The molecule has 0 atom stereocenters. The molecule has 158 valence electrons. The zero-order valence-electron chi connectivity index (χ0n) is 17.0. The average molecular weight is 420 g/mol. The highest BCUT2D eigenvalue weighted by molar-refractivity contribution is 6.29. The van der Waals surface area contributed by atoms with E-state index < -0.39 is 17.6 Å². The molecule has 0 aliphatic heterocycles. The second-order valence-electron chi connectivity index (χ2n) is 6.42. The molecule has 0 saturated heterocycles. The lowest BCUT2D eigenvalue weighted by molar-refractivity contribution is -0.118. The minimum Gasteiger partial charge on any atom is -0.495 e. The van der Waals surface area contributed by atoms with Crippen molar-refractivity contribution in [3.63, 3.8) is 0 Å². The molecule has 7 heteroatoms. The van der Waals surface area contributed by atoms with E-state index in [1.807, 2.05) is 0 Å². The fourth-order valence-corrected chi connectivity index (χ4v) is 2.83. The van der Waals surface area contributed by atoms with Gasteiger partial charge in [0.25, 0.3) is 11.8 Å². The van der Waals surface area contributed by atoms with Gasteiger partial charge < -0.3 is 20.1 Å². The third kappa shape index (κ3) is 5.48. The number of rotatable bonds is 7. The molecule has 0 unspecified atom stereocenters. The molecule has 3 rings (SSSR count). The van der Waals surface area contributed by atoms with Crippen LogP contribution in [-0.4, -0.2) is 26.0 Å². The van der Waals surface area contributed by atoms with Gasteiger partial charge in [-0.1, -0.05) is 36.4 Å². The van der Waals surface area contributed by atoms with Crippen LogP contribution in [0.2, 0.25) is 0 Å². The van der Waals surface area contributed by atoms with Gasteiger partial charge in [-0.3, -0.25) is 9.59 Å². The van der Waals surface area contributed by atoms with Crippen molar-refractivity contribution < 1.29 is 23.5 Å². The molecule has 3 aromatic carbocycles. The minimum absolute atomic E-state index is 0.177. The van der Waals surface area contributed by atoms with E-state index >= 15 is 0 Å². The van der Waals surface area contributed by atoms with Crippen LogP contribution in [0.5, 0.6) is 11.5 Å². The Hall–Kier alpha value is -4.13. The van der Waals surface area contributed by atoms with Gasteiger partial charge in [-0.25, -0.2) is 4.39 Å². The number of para-hydroxylation sites is 4. The van der Waals surface area contributed by atoms with E-state index in [1.165, 1.54) is 44.6 Å². The summed E-state index contributed by atoms with van der Waals surface area (Å²) in [5.41, 5.74) is 1.13. The SMILES string of the molecule is COc1ccccc1NC(=O)C(=Cc1ccc(F)cc1)C(=O)Nc1ccccc1OC. The number of amides is 2. The zero-order valence-corrected chi connectivity index (χ0v) is 17.0. The molecule has 31 heavy (non-hydrogen) atoms. The summed E-state index contributed by atoms with van der Waals surface area (Å²) < 4.78 is 23.8. The summed E-state index contributed by atoms with van der Waals surface area (Å²) in [6.45, 7) is 0. The predicted octanol–water partition coefficient (Wildman–Crippen LogP) is 4.50. The molecular weight excluding hydrogens is 399 g/mol. The first kappa shape index (κ1) is 21.6. The number of hydrogen-bond donors (Lipinski definition) is 2. The summed E-state index contributed by atoms with van der Waals surface area (Å²) in [4.78, 5) is 26.1. The van der Waals surface area contributed by atoms with Gasteiger partial charge >= 0.3 is 0 Å². The Morgan fingerprint density at radius 1 is 0.742 bits per heavy atom. The fourth-order valence-electron chi connectivity index (χ4n) is 2.83. The lowest BCUT2D eigenvalue weighted by atomic mass is 10.1. The first-order valence-corrected chi connectivity index (χ1v) is 9.38. The second-order valence-corrected chi connectivity index (χ2v) is 6.42. The number of methoxy groups -OCH3 is 2. The number of hydrogen-bond acceptors (Lipinski definition) is 4. The van der Waals surface area contributed by atoms with E-state index in [1.54, 1.807) is 48.5 Å². The van der Waals surface area contributed by atoms with Gasteiger partial charge in [-0.05, 0) is 48.0 Å². The Morgan fingerprint density at radius 2 is 1.19 bits per heavy atom. The van der Waals surface area contributed by atoms with Gasteiger partial charge in [0.15, 0.2) is 0 Å². The zero-order chi connectivity index (χ0) is 22.2. The molecule has 0 radical (unpaired) electrons. The van der Waals surface area contributed by atoms with Crippen LogP contribution in [0, 0.1) is 5.82 Å². The largest absolute Gasteiger partial charge is 0.495 e. The topological polar surface area (TPSA) is 76.7 Å². The molecular formula is C24H21FN2O4. The van der Waals surface area contributed by atoms with Crippen LogP contribution in [0.1, 0.15) is 5.56 Å². The molecule has 0 bridgehead atoms. The molecule has 3 aromatic rings. The Balaban J connectivity index is 1.95. The van der Waals surface area contributed by atoms with Crippen molar-refractivity contribution in [1.29, 1.82) is 0 Å². The highest BCUT2D eigenvalue weighted by atomic mass is 19.1. The molecule has 0 saturated carbocycles. The van der Waals surface area contributed by atoms with Crippen molar-refractivity contribution in [3.05, 3.63) is 89.8 Å². The van der Waals surface area contributed by atoms with Crippen molar-refractivity contribution in [2.75, 3.05) is 24.9 Å². The molecule has 0 aromatic heterocycles. The van der Waals surface area contributed by atoms with Crippen LogP contribution in [-0.2, 0) is 9.59 Å².